The second kappa shape index (κ2) is 13.3. The van der Waals surface area contributed by atoms with Crippen molar-refractivity contribution in [2.75, 3.05) is 27.4 Å². The maximum absolute atomic E-state index is 12.3. The summed E-state index contributed by atoms with van der Waals surface area (Å²) >= 11 is 6.06. The minimum Gasteiger partial charge on any atom is -0.494 e. The second-order valence-electron chi connectivity index (χ2n) is 8.00. The van der Waals surface area contributed by atoms with Crippen molar-refractivity contribution in [2.24, 2.45) is 5.10 Å². The summed E-state index contributed by atoms with van der Waals surface area (Å²) in [6.45, 7) is 3.68. The molecule has 1 atom stereocenters. The van der Waals surface area contributed by atoms with E-state index in [0.29, 0.717) is 40.8 Å². The van der Waals surface area contributed by atoms with E-state index in [4.69, 9.17) is 30.5 Å². The minimum atomic E-state index is -0.764. The van der Waals surface area contributed by atoms with Crippen LogP contribution < -0.4 is 30.3 Å². The molecule has 0 bridgehead atoms. The zero-order chi connectivity index (χ0) is 27.7. The lowest BCUT2D eigenvalue weighted by Gasteiger charge is -2.28. The number of nitrogens with one attached hydrogen (secondary N) is 3. The lowest BCUT2D eigenvalue weighted by molar-refractivity contribution is -0.136. The van der Waals surface area contributed by atoms with Crippen molar-refractivity contribution in [3.05, 3.63) is 63.8 Å². The molecule has 0 spiro atoms. The zero-order valence-corrected chi connectivity index (χ0v) is 22.2. The van der Waals surface area contributed by atoms with Gasteiger partial charge in [0.05, 0.1) is 32.4 Å². The molecule has 11 nitrogen and oxygen atoms in total. The van der Waals surface area contributed by atoms with Crippen LogP contribution >= 0.6 is 11.6 Å². The largest absolute Gasteiger partial charge is 0.494 e. The molecule has 1 heterocycles. The number of halogens is 1. The van der Waals surface area contributed by atoms with Gasteiger partial charge < -0.3 is 29.6 Å². The molecule has 0 fully saturated rings. The van der Waals surface area contributed by atoms with E-state index in [9.17, 15) is 14.4 Å². The van der Waals surface area contributed by atoms with Gasteiger partial charge >= 0.3 is 12.0 Å². The van der Waals surface area contributed by atoms with E-state index in [0.717, 1.165) is 5.56 Å². The molecule has 0 saturated carbocycles. The van der Waals surface area contributed by atoms with Crippen LogP contribution in [0, 0.1) is 0 Å². The Morgan fingerprint density at radius 2 is 1.87 bits per heavy atom. The van der Waals surface area contributed by atoms with E-state index in [1.165, 1.54) is 20.4 Å². The summed E-state index contributed by atoms with van der Waals surface area (Å²) in [7, 11) is 2.70. The number of carbonyl (C=O) groups excluding carboxylic acids is 3. The highest BCUT2D eigenvalue weighted by molar-refractivity contribution is 6.30. The van der Waals surface area contributed by atoms with Crippen LogP contribution in [0.25, 0.3) is 0 Å². The fourth-order valence-electron chi connectivity index (χ4n) is 3.75. The molecule has 2 aromatic carbocycles. The summed E-state index contributed by atoms with van der Waals surface area (Å²) in [5.41, 5.74) is 4.44. The average molecular weight is 545 g/mol. The van der Waals surface area contributed by atoms with Crippen LogP contribution in [0.5, 0.6) is 17.2 Å². The Balaban J connectivity index is 1.62. The highest BCUT2D eigenvalue weighted by atomic mass is 35.5. The number of benzene rings is 2. The van der Waals surface area contributed by atoms with Gasteiger partial charge in [-0.25, -0.2) is 15.0 Å². The Labute approximate surface area is 225 Å². The van der Waals surface area contributed by atoms with Gasteiger partial charge in [0.25, 0.3) is 5.91 Å². The number of ether oxygens (including phenoxy) is 4. The molecule has 3 rings (SSSR count). The van der Waals surface area contributed by atoms with Gasteiger partial charge in [0.2, 0.25) is 0 Å². The molecule has 12 heteroatoms. The third kappa shape index (κ3) is 7.16. The summed E-state index contributed by atoms with van der Waals surface area (Å²) in [6, 6.07) is 8.93. The van der Waals surface area contributed by atoms with E-state index in [2.05, 4.69) is 21.2 Å². The van der Waals surface area contributed by atoms with Gasteiger partial charge in [0, 0.05) is 28.9 Å². The fourth-order valence-corrected chi connectivity index (χ4v) is 3.94. The topological polar surface area (TPSA) is 137 Å². The van der Waals surface area contributed by atoms with Gasteiger partial charge in [-0.2, -0.15) is 5.10 Å². The molecule has 0 radical (unpaired) electrons. The minimum absolute atomic E-state index is 0.256. The number of nitrogens with zero attached hydrogens (tertiary/aromatic N) is 1. The number of allylic oxidation sites excluding steroid dienone is 1. The predicted octanol–water partition coefficient (Wildman–Crippen LogP) is 3.27. The Hall–Kier alpha value is -4.25. The summed E-state index contributed by atoms with van der Waals surface area (Å²) < 4.78 is 21.4. The van der Waals surface area contributed by atoms with Gasteiger partial charge in [-0.05, 0) is 49.7 Å². The first-order chi connectivity index (χ1) is 18.3. The van der Waals surface area contributed by atoms with E-state index in [1.807, 2.05) is 6.92 Å². The van der Waals surface area contributed by atoms with Crippen LogP contribution in [0.4, 0.5) is 4.79 Å². The highest BCUT2D eigenvalue weighted by Gasteiger charge is 2.32. The first-order valence-electron chi connectivity index (χ1n) is 11.7. The van der Waals surface area contributed by atoms with E-state index >= 15 is 0 Å². The van der Waals surface area contributed by atoms with Gasteiger partial charge in [-0.3, -0.25) is 4.79 Å². The van der Waals surface area contributed by atoms with Crippen LogP contribution in [-0.4, -0.2) is 51.6 Å². The fraction of sp³-hybridized carbons (Fsp3) is 0.308. The lowest BCUT2D eigenvalue weighted by Crippen LogP contribution is -2.45. The molecule has 202 valence electrons. The van der Waals surface area contributed by atoms with Crippen molar-refractivity contribution in [3.63, 3.8) is 0 Å². The van der Waals surface area contributed by atoms with Crippen LogP contribution in [0.1, 0.15) is 31.0 Å². The van der Waals surface area contributed by atoms with Crippen LogP contribution in [0.2, 0.25) is 5.02 Å². The molecule has 0 saturated heterocycles. The number of hydrogen-bond donors (Lipinski definition) is 3. The predicted molar refractivity (Wildman–Crippen MR) is 141 cm³/mol. The number of carbonyl (C=O) groups is 3. The quantitative estimate of drug-likeness (QED) is 0.224. The first-order valence-corrected chi connectivity index (χ1v) is 12.0. The Morgan fingerprint density at radius 3 is 2.58 bits per heavy atom. The zero-order valence-electron chi connectivity index (χ0n) is 21.4. The van der Waals surface area contributed by atoms with Crippen LogP contribution in [0.3, 0.4) is 0 Å². The lowest BCUT2D eigenvalue weighted by atomic mass is 9.95. The summed E-state index contributed by atoms with van der Waals surface area (Å²) in [4.78, 5) is 36.6. The molecule has 1 aliphatic heterocycles. The van der Waals surface area contributed by atoms with Crippen molar-refractivity contribution >= 4 is 35.7 Å². The van der Waals surface area contributed by atoms with Gasteiger partial charge in [0.1, 0.15) is 5.75 Å². The summed E-state index contributed by atoms with van der Waals surface area (Å²) in [5, 5.41) is 9.78. The maximum atomic E-state index is 12.3. The summed E-state index contributed by atoms with van der Waals surface area (Å²) in [5.74, 6) is 0.220. The van der Waals surface area contributed by atoms with Crippen molar-refractivity contribution in [3.8, 4) is 17.2 Å². The second-order valence-corrected chi connectivity index (χ2v) is 8.43. The monoisotopic (exact) mass is 544 g/mol. The molecule has 3 amide bonds. The highest BCUT2D eigenvalue weighted by Crippen LogP contribution is 2.34. The maximum Gasteiger partial charge on any atom is 0.337 e. The van der Waals surface area contributed by atoms with E-state index in [-0.39, 0.29) is 17.9 Å². The number of hydrogen-bond acceptors (Lipinski definition) is 8. The molecule has 38 heavy (non-hydrogen) atoms. The normalized spacial score (nSPS) is 15.0. The number of amides is 3. The molecule has 1 aliphatic rings. The number of esters is 1. The third-order valence-corrected chi connectivity index (χ3v) is 5.70. The molecule has 3 N–H and O–H groups in total. The number of hydrazone groups is 1. The van der Waals surface area contributed by atoms with Crippen LogP contribution in [-0.2, 0) is 20.7 Å². The van der Waals surface area contributed by atoms with Crippen molar-refractivity contribution in [2.45, 2.75) is 26.3 Å². The Morgan fingerprint density at radius 1 is 1.11 bits per heavy atom. The van der Waals surface area contributed by atoms with Crippen LogP contribution in [0.15, 0.2) is 52.8 Å². The number of rotatable bonds is 11. The standard InChI is InChI=1S/C26H29ClN4O7/c1-5-37-19-9-7-18(27)12-16(19)10-11-28-31-22(32)14-38-20-8-6-17(13-21(20)35-3)24-23(25(33)36-4)15(2)29-26(34)30-24/h6-9,11-13,24H,5,10,14H2,1-4H3,(H,31,32)(H2,29,30,34)/b28-11-/t24-/m0/s1. The Bertz CT molecular complexity index is 1260. The van der Waals surface area contributed by atoms with E-state index in [1.54, 1.807) is 43.3 Å². The average Bonchev–Trinajstić information content (AvgIpc) is 2.90. The first kappa shape index (κ1) is 28.3. The number of methoxy groups -OCH3 is 2. The smallest absolute Gasteiger partial charge is 0.337 e. The SMILES string of the molecule is CCOc1ccc(Cl)cc1C/C=N\NC(=O)COc1ccc([C@@H]2NC(=O)NC(C)=C2C(=O)OC)cc1OC. The Kier molecular flexibility index (Phi) is 9.94. The molecule has 0 aromatic heterocycles. The van der Waals surface area contributed by atoms with Gasteiger partial charge in [-0.1, -0.05) is 17.7 Å². The molecule has 2 aromatic rings. The molecule has 0 aliphatic carbocycles. The third-order valence-electron chi connectivity index (χ3n) is 5.47. The van der Waals surface area contributed by atoms with E-state index < -0.39 is 23.9 Å². The van der Waals surface area contributed by atoms with Crippen molar-refractivity contribution in [1.29, 1.82) is 0 Å². The van der Waals surface area contributed by atoms with Gasteiger partial charge in [-0.15, -0.1) is 0 Å². The summed E-state index contributed by atoms with van der Waals surface area (Å²) in [6.07, 6.45) is 1.93. The van der Waals surface area contributed by atoms with Crippen molar-refractivity contribution < 1.29 is 33.3 Å². The molecule has 0 unspecified atom stereocenters. The number of urea groups is 1. The van der Waals surface area contributed by atoms with Crippen molar-refractivity contribution in [1.82, 2.24) is 16.1 Å². The molecular weight excluding hydrogens is 516 g/mol. The molecular formula is C26H29ClN4O7. The van der Waals surface area contributed by atoms with Gasteiger partial charge in [0.15, 0.2) is 18.1 Å².